The summed E-state index contributed by atoms with van der Waals surface area (Å²) in [6, 6.07) is 8.61. The highest BCUT2D eigenvalue weighted by atomic mass is 16.6. The zero-order chi connectivity index (χ0) is 20.9. The Morgan fingerprint density at radius 1 is 1.07 bits per heavy atom. The highest BCUT2D eigenvalue weighted by Gasteiger charge is 2.33. The first-order chi connectivity index (χ1) is 13.0. The number of carbonyl (C=O) groups excluding carboxylic acids is 2. The molecule has 1 aromatic rings. The first kappa shape index (κ1) is 22.2. The molecule has 2 amide bonds. The quantitative estimate of drug-likeness (QED) is 0.781. The predicted molar refractivity (Wildman–Crippen MR) is 111 cm³/mol. The van der Waals surface area contributed by atoms with Crippen molar-refractivity contribution in [2.45, 2.75) is 71.6 Å². The van der Waals surface area contributed by atoms with Gasteiger partial charge in [-0.15, -0.1) is 0 Å². The Kier molecular flexibility index (Phi) is 7.10. The van der Waals surface area contributed by atoms with Gasteiger partial charge in [-0.05, 0) is 73.0 Å². The van der Waals surface area contributed by atoms with Gasteiger partial charge in [0, 0.05) is 6.54 Å². The van der Waals surface area contributed by atoms with Crippen LogP contribution in [0.2, 0.25) is 0 Å². The first-order valence-electron chi connectivity index (χ1n) is 10.1. The summed E-state index contributed by atoms with van der Waals surface area (Å²) in [4.78, 5) is 27.2. The molecule has 0 saturated carbocycles. The molecule has 1 unspecified atom stereocenters. The van der Waals surface area contributed by atoms with Crippen LogP contribution in [0.25, 0.3) is 0 Å². The first-order valence-corrected chi connectivity index (χ1v) is 10.1. The van der Waals surface area contributed by atoms with Crippen molar-refractivity contribution in [1.82, 2.24) is 15.5 Å². The molecule has 1 saturated heterocycles. The summed E-state index contributed by atoms with van der Waals surface area (Å²) in [6.45, 7) is 13.4. The van der Waals surface area contributed by atoms with E-state index in [4.69, 9.17) is 4.74 Å². The molecular weight excluding hydrogens is 354 g/mol. The molecule has 1 atom stereocenters. The molecule has 6 heteroatoms. The smallest absolute Gasteiger partial charge is 0.408 e. The number of amides is 2. The van der Waals surface area contributed by atoms with Crippen LogP contribution >= 0.6 is 0 Å². The third-order valence-corrected chi connectivity index (χ3v) is 4.88. The minimum absolute atomic E-state index is 0.129. The molecule has 1 fully saturated rings. The number of rotatable bonds is 6. The molecule has 0 aromatic heterocycles. The van der Waals surface area contributed by atoms with Crippen LogP contribution in [0.1, 0.15) is 64.6 Å². The molecule has 0 aliphatic carbocycles. The van der Waals surface area contributed by atoms with Gasteiger partial charge in [0.05, 0.1) is 6.04 Å². The van der Waals surface area contributed by atoms with Crippen LogP contribution in [-0.2, 0) is 9.53 Å². The minimum Gasteiger partial charge on any atom is -0.444 e. The Bertz CT molecular complexity index is 671. The number of aryl methyl sites for hydroxylation is 1. The van der Waals surface area contributed by atoms with E-state index in [0.29, 0.717) is 6.54 Å². The summed E-state index contributed by atoms with van der Waals surface area (Å²) in [5.41, 5.74) is 0.745. The molecule has 1 aliphatic heterocycles. The maximum atomic E-state index is 12.8. The van der Waals surface area contributed by atoms with Crippen LogP contribution in [0.3, 0.4) is 0 Å². The lowest BCUT2D eigenvalue weighted by molar-refractivity contribution is -0.126. The van der Waals surface area contributed by atoms with E-state index in [1.165, 1.54) is 24.0 Å². The Labute approximate surface area is 169 Å². The Morgan fingerprint density at radius 2 is 1.64 bits per heavy atom. The van der Waals surface area contributed by atoms with Crippen molar-refractivity contribution in [3.8, 4) is 0 Å². The van der Waals surface area contributed by atoms with E-state index in [2.05, 4.69) is 46.7 Å². The second-order valence-corrected chi connectivity index (χ2v) is 9.13. The molecule has 28 heavy (non-hydrogen) atoms. The predicted octanol–water partition coefficient (Wildman–Crippen LogP) is 3.55. The van der Waals surface area contributed by atoms with Crippen LogP contribution in [-0.4, -0.2) is 47.7 Å². The van der Waals surface area contributed by atoms with Crippen molar-refractivity contribution in [1.29, 1.82) is 0 Å². The van der Waals surface area contributed by atoms with E-state index < -0.39 is 17.2 Å². The number of carbonyl (C=O) groups is 2. The average Bonchev–Trinajstić information content (AvgIpc) is 3.08. The average molecular weight is 390 g/mol. The van der Waals surface area contributed by atoms with E-state index >= 15 is 0 Å². The molecule has 2 N–H and O–H groups in total. The highest BCUT2D eigenvalue weighted by molar-refractivity contribution is 5.89. The van der Waals surface area contributed by atoms with Crippen molar-refractivity contribution < 1.29 is 14.3 Å². The summed E-state index contributed by atoms with van der Waals surface area (Å²) in [6.07, 6.45) is 1.77. The van der Waals surface area contributed by atoms with Gasteiger partial charge in [0.25, 0.3) is 0 Å². The summed E-state index contributed by atoms with van der Waals surface area (Å²) >= 11 is 0. The van der Waals surface area contributed by atoms with Crippen molar-refractivity contribution in [2.75, 3.05) is 19.6 Å². The SMILES string of the molecule is Cc1ccc(C(CNC(=O)C(C)(C)NC(=O)OC(C)(C)C)N2CCCC2)cc1. The van der Waals surface area contributed by atoms with Crippen LogP contribution < -0.4 is 10.6 Å². The van der Waals surface area contributed by atoms with Crippen LogP contribution in [0.4, 0.5) is 4.79 Å². The number of alkyl carbamates (subject to hydrolysis) is 1. The lowest BCUT2D eigenvalue weighted by atomic mass is 10.0. The molecule has 0 spiro atoms. The van der Waals surface area contributed by atoms with E-state index in [1.807, 2.05) is 0 Å². The Morgan fingerprint density at radius 3 is 2.18 bits per heavy atom. The largest absolute Gasteiger partial charge is 0.444 e. The zero-order valence-corrected chi connectivity index (χ0v) is 18.1. The summed E-state index contributed by atoms with van der Waals surface area (Å²) < 4.78 is 5.27. The number of ether oxygens (including phenoxy) is 1. The van der Waals surface area contributed by atoms with Crippen LogP contribution in [0.15, 0.2) is 24.3 Å². The van der Waals surface area contributed by atoms with Crippen molar-refractivity contribution in [3.05, 3.63) is 35.4 Å². The Hall–Kier alpha value is -2.08. The zero-order valence-electron chi connectivity index (χ0n) is 18.1. The summed E-state index contributed by atoms with van der Waals surface area (Å²) in [5, 5.41) is 5.70. The van der Waals surface area contributed by atoms with Crippen molar-refractivity contribution in [3.63, 3.8) is 0 Å². The van der Waals surface area contributed by atoms with Gasteiger partial charge in [-0.3, -0.25) is 9.69 Å². The number of hydrogen-bond acceptors (Lipinski definition) is 4. The summed E-state index contributed by atoms with van der Waals surface area (Å²) in [7, 11) is 0. The molecule has 6 nitrogen and oxygen atoms in total. The minimum atomic E-state index is -1.06. The molecular formula is C22H35N3O3. The summed E-state index contributed by atoms with van der Waals surface area (Å²) in [5.74, 6) is -0.227. The number of likely N-dealkylation sites (tertiary alicyclic amines) is 1. The molecule has 1 aromatic carbocycles. The number of nitrogens with zero attached hydrogens (tertiary/aromatic N) is 1. The van der Waals surface area contributed by atoms with Gasteiger partial charge >= 0.3 is 6.09 Å². The van der Waals surface area contributed by atoms with Gasteiger partial charge in [-0.25, -0.2) is 4.79 Å². The lowest BCUT2D eigenvalue weighted by Crippen LogP contribution is -2.56. The van der Waals surface area contributed by atoms with E-state index in [0.717, 1.165) is 13.1 Å². The molecule has 1 heterocycles. The van der Waals surface area contributed by atoms with Gasteiger partial charge in [0.2, 0.25) is 5.91 Å². The van der Waals surface area contributed by atoms with Gasteiger partial charge < -0.3 is 15.4 Å². The monoisotopic (exact) mass is 389 g/mol. The maximum absolute atomic E-state index is 12.8. The van der Waals surface area contributed by atoms with Gasteiger partial charge in [-0.1, -0.05) is 29.8 Å². The van der Waals surface area contributed by atoms with Crippen molar-refractivity contribution in [2.24, 2.45) is 0 Å². The van der Waals surface area contributed by atoms with E-state index in [-0.39, 0.29) is 11.9 Å². The Balaban J connectivity index is 2.01. The fraction of sp³-hybridized carbons (Fsp3) is 0.636. The molecule has 156 valence electrons. The van der Waals surface area contributed by atoms with Gasteiger partial charge in [0.15, 0.2) is 0 Å². The number of nitrogens with one attached hydrogen (secondary N) is 2. The van der Waals surface area contributed by atoms with Crippen LogP contribution in [0.5, 0.6) is 0 Å². The second-order valence-electron chi connectivity index (χ2n) is 9.13. The standard InChI is InChI=1S/C22H35N3O3/c1-16-9-11-17(12-10-16)18(25-13-7-8-14-25)15-23-19(26)22(5,6)24-20(27)28-21(2,3)4/h9-12,18H,7-8,13-15H2,1-6H3,(H,23,26)(H,24,27). The third kappa shape index (κ3) is 6.51. The number of benzene rings is 1. The maximum Gasteiger partial charge on any atom is 0.408 e. The molecule has 0 radical (unpaired) electrons. The molecule has 1 aliphatic rings. The fourth-order valence-corrected chi connectivity index (χ4v) is 3.33. The van der Waals surface area contributed by atoms with E-state index in [9.17, 15) is 9.59 Å². The number of hydrogen-bond donors (Lipinski definition) is 2. The van der Waals surface area contributed by atoms with Crippen molar-refractivity contribution >= 4 is 12.0 Å². The molecule has 2 rings (SSSR count). The second kappa shape index (κ2) is 8.95. The topological polar surface area (TPSA) is 70.7 Å². The fourth-order valence-electron chi connectivity index (χ4n) is 3.33. The molecule has 0 bridgehead atoms. The van der Waals surface area contributed by atoms with Gasteiger partial charge in [-0.2, -0.15) is 0 Å². The van der Waals surface area contributed by atoms with Gasteiger partial charge in [0.1, 0.15) is 11.1 Å². The lowest BCUT2D eigenvalue weighted by Gasteiger charge is -2.31. The van der Waals surface area contributed by atoms with E-state index in [1.54, 1.807) is 34.6 Å². The van der Waals surface area contributed by atoms with Crippen LogP contribution in [0, 0.1) is 6.92 Å². The normalized spacial score (nSPS) is 16.5. The third-order valence-electron chi connectivity index (χ3n) is 4.88. The highest BCUT2D eigenvalue weighted by Crippen LogP contribution is 2.25.